The van der Waals surface area contributed by atoms with E-state index in [1.165, 1.54) is 35.1 Å². The zero-order valence-electron chi connectivity index (χ0n) is 22.2. The van der Waals surface area contributed by atoms with Crippen LogP contribution in [0.1, 0.15) is 104 Å². The number of benzene rings is 2. The van der Waals surface area contributed by atoms with Crippen LogP contribution in [0.2, 0.25) is 5.02 Å². The summed E-state index contributed by atoms with van der Waals surface area (Å²) in [6.07, 6.45) is 4.61. The molecule has 0 fully saturated rings. The number of hydrogen-bond acceptors (Lipinski definition) is 2. The number of anilines is 1. The molecule has 1 aliphatic carbocycles. The summed E-state index contributed by atoms with van der Waals surface area (Å²) in [6.45, 7) is 15.7. The monoisotopic (exact) mass is 491 g/mol. The van der Waals surface area contributed by atoms with Gasteiger partial charge in [0.05, 0.1) is 0 Å². The Hall–Kier alpha value is -2.52. The van der Waals surface area contributed by atoms with Crippen LogP contribution in [-0.4, -0.2) is 5.91 Å². The highest BCUT2D eigenvalue weighted by atomic mass is 35.5. The molecule has 0 unspecified atom stereocenters. The van der Waals surface area contributed by atoms with Crippen molar-refractivity contribution in [1.82, 2.24) is 0 Å². The summed E-state index contributed by atoms with van der Waals surface area (Å²) in [4.78, 5) is 13.1. The molecule has 0 atom stereocenters. The number of nitrogens with one attached hydrogen (secondary N) is 1. The molecular weight excluding hydrogens is 454 g/mol. The molecule has 35 heavy (non-hydrogen) atoms. The van der Waals surface area contributed by atoms with E-state index in [2.05, 4.69) is 59.0 Å². The van der Waals surface area contributed by atoms with E-state index in [1.807, 2.05) is 25.1 Å². The second-order valence-electron chi connectivity index (χ2n) is 11.3. The van der Waals surface area contributed by atoms with E-state index < -0.39 is 0 Å². The third kappa shape index (κ3) is 4.93. The molecule has 1 heterocycles. The molecule has 3 nitrogen and oxygen atoms in total. The highest BCUT2D eigenvalue weighted by molar-refractivity contribution is 6.32. The van der Waals surface area contributed by atoms with Crippen molar-refractivity contribution in [1.29, 1.82) is 0 Å². The molecule has 0 saturated carbocycles. The minimum atomic E-state index is -0.243. The highest BCUT2D eigenvalue weighted by Gasteiger charge is 2.37. The zero-order valence-corrected chi connectivity index (χ0v) is 23.0. The Kier molecular flexibility index (Phi) is 6.94. The highest BCUT2D eigenvalue weighted by Crippen LogP contribution is 2.46. The Morgan fingerprint density at radius 1 is 0.943 bits per heavy atom. The molecule has 0 radical (unpaired) electrons. The zero-order chi connectivity index (χ0) is 25.5. The van der Waals surface area contributed by atoms with Crippen LogP contribution in [0, 0.1) is 6.92 Å². The first-order chi connectivity index (χ1) is 16.5. The van der Waals surface area contributed by atoms with Crippen LogP contribution >= 0.6 is 11.6 Å². The molecular formula is C31H38ClNO2. The number of carbonyl (C=O) groups excluding carboxylic acids is 1. The fourth-order valence-corrected chi connectivity index (χ4v) is 5.67. The molecule has 4 heteroatoms. The van der Waals surface area contributed by atoms with Crippen molar-refractivity contribution in [2.75, 3.05) is 5.32 Å². The molecule has 1 amide bonds. The van der Waals surface area contributed by atoms with E-state index in [0.717, 1.165) is 35.4 Å². The van der Waals surface area contributed by atoms with Gasteiger partial charge in [0.1, 0.15) is 5.76 Å². The Morgan fingerprint density at radius 2 is 1.60 bits per heavy atom. The van der Waals surface area contributed by atoms with Gasteiger partial charge in [0.15, 0.2) is 5.76 Å². The minimum absolute atomic E-state index is 0.159. The van der Waals surface area contributed by atoms with E-state index >= 15 is 0 Å². The van der Waals surface area contributed by atoms with Gasteiger partial charge in [-0.2, -0.15) is 0 Å². The summed E-state index contributed by atoms with van der Waals surface area (Å²) >= 11 is 6.41. The maximum Gasteiger partial charge on any atom is 0.291 e. The molecule has 0 saturated heterocycles. The van der Waals surface area contributed by atoms with E-state index in [0.29, 0.717) is 17.2 Å². The summed E-state index contributed by atoms with van der Waals surface area (Å²) in [7, 11) is 0. The predicted molar refractivity (Wildman–Crippen MR) is 146 cm³/mol. The lowest BCUT2D eigenvalue weighted by atomic mass is 9.62. The number of aryl methyl sites for hydroxylation is 2. The van der Waals surface area contributed by atoms with Crippen LogP contribution < -0.4 is 5.32 Å². The van der Waals surface area contributed by atoms with Crippen molar-refractivity contribution in [2.24, 2.45) is 0 Å². The predicted octanol–water partition coefficient (Wildman–Crippen LogP) is 8.56. The number of rotatable bonds is 6. The molecule has 1 aliphatic rings. The molecule has 2 aromatic carbocycles. The number of carbonyl (C=O) groups is 1. The van der Waals surface area contributed by atoms with Crippen LogP contribution in [0.5, 0.6) is 0 Å². The van der Waals surface area contributed by atoms with Gasteiger partial charge < -0.3 is 9.73 Å². The van der Waals surface area contributed by atoms with Crippen LogP contribution in [0.25, 0.3) is 0 Å². The number of amides is 1. The quantitative estimate of drug-likeness (QED) is 0.375. The first kappa shape index (κ1) is 25.6. The number of hydrogen-bond donors (Lipinski definition) is 1. The Balaban J connectivity index is 1.59. The molecule has 0 aliphatic heterocycles. The normalized spacial score (nSPS) is 16.1. The van der Waals surface area contributed by atoms with Crippen LogP contribution in [0.4, 0.5) is 5.69 Å². The van der Waals surface area contributed by atoms with Gasteiger partial charge >= 0.3 is 0 Å². The van der Waals surface area contributed by atoms with Gasteiger partial charge in [-0.3, -0.25) is 4.79 Å². The summed E-state index contributed by atoms with van der Waals surface area (Å²) in [5.74, 6) is 0.873. The van der Waals surface area contributed by atoms with Crippen molar-refractivity contribution in [3.63, 3.8) is 0 Å². The Labute approximate surface area is 215 Å². The summed E-state index contributed by atoms with van der Waals surface area (Å²) in [6, 6.07) is 12.3. The van der Waals surface area contributed by atoms with Crippen LogP contribution in [0.15, 0.2) is 40.8 Å². The molecule has 0 spiro atoms. The average molecular weight is 492 g/mol. The van der Waals surface area contributed by atoms with Gasteiger partial charge in [-0.15, -0.1) is 0 Å². The van der Waals surface area contributed by atoms with Crippen LogP contribution in [0.3, 0.4) is 0 Å². The maximum absolute atomic E-state index is 13.1. The first-order valence-corrected chi connectivity index (χ1v) is 13.2. The molecule has 1 N–H and O–H groups in total. The standard InChI is InChI=1S/C31H38ClNO2/c1-8-20-10-12-26(32)23(9-2)28(20)33-29(34)27-13-11-22(35-27)17-21-18-25-24(16-19(21)3)30(4,5)14-15-31(25,6)7/h10-13,16,18H,8-9,14-15,17H2,1-7H3,(H,33,34). The molecule has 1 aromatic heterocycles. The van der Waals surface area contributed by atoms with E-state index in [-0.39, 0.29) is 16.7 Å². The Bertz CT molecular complexity index is 1270. The summed E-state index contributed by atoms with van der Waals surface area (Å²) < 4.78 is 6.05. The molecule has 0 bridgehead atoms. The van der Waals surface area contributed by atoms with Crippen molar-refractivity contribution >= 4 is 23.2 Å². The Morgan fingerprint density at radius 3 is 2.23 bits per heavy atom. The first-order valence-electron chi connectivity index (χ1n) is 12.8. The second-order valence-corrected chi connectivity index (χ2v) is 11.7. The summed E-state index contributed by atoms with van der Waals surface area (Å²) in [5.41, 5.74) is 8.63. The fraction of sp³-hybridized carbons (Fsp3) is 0.452. The average Bonchev–Trinajstić information content (AvgIpc) is 3.27. The van der Waals surface area contributed by atoms with Gasteiger partial charge in [-0.25, -0.2) is 0 Å². The van der Waals surface area contributed by atoms with Gasteiger partial charge in [-0.05, 0) is 95.0 Å². The lowest BCUT2D eigenvalue weighted by Crippen LogP contribution is -2.34. The van der Waals surface area contributed by atoms with E-state index in [4.69, 9.17) is 16.0 Å². The second kappa shape index (κ2) is 9.50. The van der Waals surface area contributed by atoms with E-state index in [9.17, 15) is 4.79 Å². The topological polar surface area (TPSA) is 42.2 Å². The number of fused-ring (bicyclic) bond motifs is 1. The largest absolute Gasteiger partial charge is 0.456 e. The number of halogens is 1. The van der Waals surface area contributed by atoms with Gasteiger partial charge in [-0.1, -0.05) is 71.3 Å². The van der Waals surface area contributed by atoms with Crippen molar-refractivity contribution in [3.8, 4) is 0 Å². The SMILES string of the molecule is CCc1ccc(Cl)c(CC)c1NC(=O)c1ccc(Cc2cc3c(cc2C)C(C)(C)CCC3(C)C)o1. The lowest BCUT2D eigenvalue weighted by molar-refractivity contribution is 0.0995. The van der Waals surface area contributed by atoms with Crippen molar-refractivity contribution in [3.05, 3.63) is 86.3 Å². The third-order valence-electron chi connectivity index (χ3n) is 7.87. The van der Waals surface area contributed by atoms with Gasteiger partial charge in [0.2, 0.25) is 0 Å². The molecule has 186 valence electrons. The van der Waals surface area contributed by atoms with Gasteiger partial charge in [0.25, 0.3) is 5.91 Å². The smallest absolute Gasteiger partial charge is 0.291 e. The van der Waals surface area contributed by atoms with Crippen molar-refractivity contribution in [2.45, 2.75) is 91.4 Å². The number of furan rings is 1. The van der Waals surface area contributed by atoms with Crippen LogP contribution in [-0.2, 0) is 30.1 Å². The molecule has 4 rings (SSSR count). The molecule has 3 aromatic rings. The van der Waals surface area contributed by atoms with Crippen molar-refractivity contribution < 1.29 is 9.21 Å². The van der Waals surface area contributed by atoms with E-state index in [1.54, 1.807) is 6.07 Å². The minimum Gasteiger partial charge on any atom is -0.456 e. The summed E-state index contributed by atoms with van der Waals surface area (Å²) in [5, 5.41) is 3.75. The fourth-order valence-electron chi connectivity index (χ4n) is 5.38. The lowest BCUT2D eigenvalue weighted by Gasteiger charge is -2.42. The maximum atomic E-state index is 13.1. The third-order valence-corrected chi connectivity index (χ3v) is 8.23. The van der Waals surface area contributed by atoms with Gasteiger partial charge in [0, 0.05) is 17.1 Å².